The van der Waals surface area contributed by atoms with Gasteiger partial charge in [0.05, 0.1) is 18.4 Å². The van der Waals surface area contributed by atoms with Gasteiger partial charge in [-0.2, -0.15) is 0 Å². The summed E-state index contributed by atoms with van der Waals surface area (Å²) < 4.78 is 1.64. The van der Waals surface area contributed by atoms with Crippen LogP contribution in [0.3, 0.4) is 0 Å². The van der Waals surface area contributed by atoms with E-state index in [4.69, 9.17) is 0 Å². The van der Waals surface area contributed by atoms with Crippen molar-refractivity contribution in [1.82, 2.24) is 35.5 Å². The molecule has 0 aromatic carbocycles. The van der Waals surface area contributed by atoms with E-state index in [1.165, 1.54) is 11.3 Å². The molecule has 10 heteroatoms. The Morgan fingerprint density at radius 2 is 2.15 bits per heavy atom. The molecule has 0 fully saturated rings. The van der Waals surface area contributed by atoms with E-state index in [9.17, 15) is 9.59 Å². The van der Waals surface area contributed by atoms with Crippen molar-refractivity contribution in [3.05, 3.63) is 52.0 Å². The van der Waals surface area contributed by atoms with Crippen molar-refractivity contribution < 1.29 is 9.59 Å². The summed E-state index contributed by atoms with van der Waals surface area (Å²) in [4.78, 5) is 26.8. The first kappa shape index (κ1) is 17.8. The molecule has 0 unspecified atom stereocenters. The summed E-state index contributed by atoms with van der Waals surface area (Å²) in [6.07, 6.45) is 6.44. The fourth-order valence-corrected chi connectivity index (χ4v) is 3.02. The maximum Gasteiger partial charge on any atom is 0.282 e. The number of aromatic nitrogens is 6. The molecule has 0 atom stereocenters. The monoisotopic (exact) mass is 371 g/mol. The maximum atomic E-state index is 12.1. The number of nitrogens with zero attached hydrogens (tertiary/aromatic N) is 6. The molecule has 0 spiro atoms. The van der Waals surface area contributed by atoms with Crippen LogP contribution in [-0.4, -0.2) is 42.4 Å². The molecule has 134 valence electrons. The number of aldehydes is 1. The van der Waals surface area contributed by atoms with E-state index >= 15 is 0 Å². The lowest BCUT2D eigenvalue weighted by molar-refractivity contribution is 0.0949. The van der Waals surface area contributed by atoms with Crippen LogP contribution in [0, 0.1) is 0 Å². The zero-order chi connectivity index (χ0) is 18.2. The molecule has 1 N–H and O–H groups in total. The Morgan fingerprint density at radius 3 is 2.92 bits per heavy atom. The largest absolute Gasteiger partial charge is 0.344 e. The summed E-state index contributed by atoms with van der Waals surface area (Å²) in [5.41, 5.74) is 1.12. The number of unbranched alkanes of at least 4 members (excludes halogenated alkanes) is 1. The van der Waals surface area contributed by atoms with Gasteiger partial charge in [-0.3, -0.25) is 19.3 Å². The highest BCUT2D eigenvalue weighted by molar-refractivity contribution is 7.13. The van der Waals surface area contributed by atoms with E-state index in [2.05, 4.69) is 30.8 Å². The molecule has 0 aliphatic rings. The molecule has 0 aliphatic heterocycles. The molecular weight excluding hydrogens is 354 g/mol. The number of pyridine rings is 1. The van der Waals surface area contributed by atoms with Crippen LogP contribution in [0.5, 0.6) is 0 Å². The molecule has 3 aromatic heterocycles. The zero-order valence-electron chi connectivity index (χ0n) is 13.9. The summed E-state index contributed by atoms with van der Waals surface area (Å²) in [7, 11) is 0. The second kappa shape index (κ2) is 8.90. The topological polar surface area (TPSA) is 116 Å². The van der Waals surface area contributed by atoms with Gasteiger partial charge in [0, 0.05) is 19.2 Å². The van der Waals surface area contributed by atoms with E-state index < -0.39 is 0 Å². The van der Waals surface area contributed by atoms with E-state index in [1.807, 2.05) is 18.2 Å². The minimum Gasteiger partial charge on any atom is -0.344 e. The van der Waals surface area contributed by atoms with Crippen LogP contribution >= 0.6 is 11.3 Å². The Labute approximate surface area is 153 Å². The van der Waals surface area contributed by atoms with Gasteiger partial charge in [0.1, 0.15) is 10.7 Å². The first-order valence-electron chi connectivity index (χ1n) is 8.10. The Morgan fingerprint density at radius 1 is 1.23 bits per heavy atom. The fraction of sp³-hybridized carbons (Fsp3) is 0.312. The van der Waals surface area contributed by atoms with Gasteiger partial charge in [0.2, 0.25) is 5.01 Å². The number of rotatable bonds is 9. The van der Waals surface area contributed by atoms with Gasteiger partial charge in [0.25, 0.3) is 5.91 Å². The summed E-state index contributed by atoms with van der Waals surface area (Å²) in [6, 6.07) is 5.54. The van der Waals surface area contributed by atoms with Crippen molar-refractivity contribution in [2.75, 3.05) is 0 Å². The number of nitrogens with one attached hydrogen (secondary N) is 1. The minimum absolute atomic E-state index is 0.247. The lowest BCUT2D eigenvalue weighted by Crippen LogP contribution is -2.23. The van der Waals surface area contributed by atoms with Gasteiger partial charge in [-0.15, -0.1) is 15.3 Å². The Balaban J connectivity index is 1.41. The molecule has 9 nitrogen and oxygen atoms in total. The lowest BCUT2D eigenvalue weighted by atomic mass is 10.2. The third-order valence-corrected chi connectivity index (χ3v) is 4.50. The van der Waals surface area contributed by atoms with Crippen LogP contribution in [0.1, 0.15) is 43.8 Å². The second-order valence-electron chi connectivity index (χ2n) is 5.49. The average Bonchev–Trinajstić information content (AvgIpc) is 3.33. The quantitative estimate of drug-likeness (QED) is 0.445. The fourth-order valence-electron chi connectivity index (χ4n) is 2.22. The van der Waals surface area contributed by atoms with Crippen LogP contribution in [0.2, 0.25) is 0 Å². The van der Waals surface area contributed by atoms with E-state index in [-0.39, 0.29) is 5.91 Å². The van der Waals surface area contributed by atoms with Crippen molar-refractivity contribution in [2.45, 2.75) is 32.4 Å². The van der Waals surface area contributed by atoms with Crippen molar-refractivity contribution in [3.8, 4) is 0 Å². The third-order valence-electron chi connectivity index (χ3n) is 3.52. The number of hydrogen-bond acceptors (Lipinski definition) is 8. The molecule has 26 heavy (non-hydrogen) atoms. The molecule has 0 aliphatic carbocycles. The van der Waals surface area contributed by atoms with Crippen LogP contribution < -0.4 is 5.32 Å². The number of aryl methyl sites for hydroxylation is 2. The molecule has 3 heterocycles. The summed E-state index contributed by atoms with van der Waals surface area (Å²) >= 11 is 1.29. The van der Waals surface area contributed by atoms with Crippen molar-refractivity contribution >= 4 is 23.5 Å². The standard InChI is InChI=1S/C16H17N7O2S/c24-11-13-10-23(22-19-13)8-4-2-6-14-20-21-16(26-14)15(25)18-9-12-5-1-3-7-17-12/h1,3,5,7,10-11H,2,4,6,8-9H2,(H,18,25). The summed E-state index contributed by atoms with van der Waals surface area (Å²) in [5, 5.41) is 19.5. The van der Waals surface area contributed by atoms with E-state index in [0.29, 0.717) is 30.1 Å². The lowest BCUT2D eigenvalue weighted by Gasteiger charge is -2.01. The van der Waals surface area contributed by atoms with E-state index in [1.54, 1.807) is 17.1 Å². The Kier molecular flexibility index (Phi) is 6.09. The first-order chi connectivity index (χ1) is 12.7. The molecule has 0 saturated carbocycles. The zero-order valence-corrected chi connectivity index (χ0v) is 14.7. The molecular formula is C16H17N7O2S. The highest BCUT2D eigenvalue weighted by Gasteiger charge is 2.12. The number of hydrogen-bond donors (Lipinski definition) is 1. The smallest absolute Gasteiger partial charge is 0.282 e. The van der Waals surface area contributed by atoms with Crippen molar-refractivity contribution in [1.29, 1.82) is 0 Å². The highest BCUT2D eigenvalue weighted by Crippen LogP contribution is 2.13. The highest BCUT2D eigenvalue weighted by atomic mass is 32.1. The first-order valence-corrected chi connectivity index (χ1v) is 8.92. The Bertz CT molecular complexity index is 862. The van der Waals surface area contributed by atoms with Crippen LogP contribution in [0.25, 0.3) is 0 Å². The van der Waals surface area contributed by atoms with Gasteiger partial charge < -0.3 is 5.32 Å². The molecule has 0 radical (unpaired) electrons. The van der Waals surface area contributed by atoms with Gasteiger partial charge >= 0.3 is 0 Å². The number of carbonyl (C=O) groups excluding carboxylic acids is 2. The third kappa shape index (κ3) is 4.99. The molecule has 1 amide bonds. The van der Waals surface area contributed by atoms with Crippen molar-refractivity contribution in [3.63, 3.8) is 0 Å². The van der Waals surface area contributed by atoms with Gasteiger partial charge in [0.15, 0.2) is 6.29 Å². The maximum absolute atomic E-state index is 12.1. The van der Waals surface area contributed by atoms with Crippen molar-refractivity contribution in [2.24, 2.45) is 0 Å². The van der Waals surface area contributed by atoms with Crippen LogP contribution in [0.15, 0.2) is 30.6 Å². The predicted octanol–water partition coefficient (Wildman–Crippen LogP) is 1.29. The van der Waals surface area contributed by atoms with E-state index in [0.717, 1.165) is 30.0 Å². The van der Waals surface area contributed by atoms with Gasteiger partial charge in [-0.05, 0) is 25.0 Å². The second-order valence-corrected chi connectivity index (χ2v) is 6.55. The summed E-state index contributed by atoms with van der Waals surface area (Å²) in [5.74, 6) is -0.247. The number of carbonyl (C=O) groups is 2. The number of amides is 1. The normalized spacial score (nSPS) is 10.6. The van der Waals surface area contributed by atoms with Crippen LogP contribution in [-0.2, 0) is 19.5 Å². The molecule has 3 aromatic rings. The molecule has 0 saturated heterocycles. The SMILES string of the molecule is O=Cc1cn(CCCCc2nnc(C(=O)NCc3ccccn3)s2)nn1. The van der Waals surface area contributed by atoms with Gasteiger partial charge in [-0.25, -0.2) is 0 Å². The van der Waals surface area contributed by atoms with Gasteiger partial charge in [-0.1, -0.05) is 22.6 Å². The predicted molar refractivity (Wildman–Crippen MR) is 93.7 cm³/mol. The minimum atomic E-state index is -0.247. The average molecular weight is 371 g/mol. The molecule has 0 bridgehead atoms. The summed E-state index contributed by atoms with van der Waals surface area (Å²) in [6.45, 7) is 1.03. The molecule has 3 rings (SSSR count). The Hall–Kier alpha value is -3.01. The van der Waals surface area contributed by atoms with Crippen LogP contribution in [0.4, 0.5) is 0 Å².